The number of Topliss-reactive ketones (excluding diaryl/α,β-unsaturated/α-hetero) is 1. The molecule has 9 nitrogen and oxygen atoms in total. The Morgan fingerprint density at radius 2 is 1.75 bits per heavy atom. The summed E-state index contributed by atoms with van der Waals surface area (Å²) in [7, 11) is 0.0110. The van der Waals surface area contributed by atoms with E-state index < -0.39 is 44.2 Å². The lowest BCUT2D eigenvalue weighted by molar-refractivity contribution is -0.265. The van der Waals surface area contributed by atoms with Crippen molar-refractivity contribution in [1.82, 2.24) is 14.9 Å². The van der Waals surface area contributed by atoms with Crippen molar-refractivity contribution in [3.05, 3.63) is 29.6 Å². The van der Waals surface area contributed by atoms with Crippen molar-refractivity contribution in [2.75, 3.05) is 26.9 Å². The third-order valence-electron chi connectivity index (χ3n) is 5.89. The molecule has 0 aliphatic carbocycles. The average Bonchev–Trinajstić information content (AvgIpc) is 3.14. The Balaban J connectivity index is 2.57. The average molecular weight is 590 g/mol. The molecule has 226 valence electrons. The number of methoxy groups -OCH3 is 1. The highest BCUT2D eigenvalue weighted by Crippen LogP contribution is 2.34. The van der Waals surface area contributed by atoms with Crippen LogP contribution in [-0.2, 0) is 25.7 Å². The number of hydrogen-bond acceptors (Lipinski definition) is 7. The van der Waals surface area contributed by atoms with E-state index in [0.717, 1.165) is 19.9 Å². The topological polar surface area (TPSA) is 101 Å². The fourth-order valence-corrected chi connectivity index (χ4v) is 4.23. The molecule has 1 heterocycles. The molecule has 13 heteroatoms. The van der Waals surface area contributed by atoms with Crippen molar-refractivity contribution in [2.24, 2.45) is 0 Å². The summed E-state index contributed by atoms with van der Waals surface area (Å²) in [6, 6.07) is 4.60. The smallest absolute Gasteiger partial charge is 0.416 e. The minimum absolute atomic E-state index is 0.00655. The van der Waals surface area contributed by atoms with Gasteiger partial charge in [-0.3, -0.25) is 4.79 Å². The molecule has 1 N–H and O–H groups in total. The number of amides is 1. The third-order valence-corrected chi connectivity index (χ3v) is 7.59. The van der Waals surface area contributed by atoms with E-state index in [1.165, 1.54) is 7.11 Å². The normalized spacial score (nSPS) is 13.9. The second-order valence-corrected chi connectivity index (χ2v) is 17.9. The van der Waals surface area contributed by atoms with Crippen LogP contribution in [0.2, 0.25) is 25.7 Å². The van der Waals surface area contributed by atoms with E-state index in [1.54, 1.807) is 43.5 Å². The molecule has 0 unspecified atom stereocenters. The number of alkyl halides is 3. The van der Waals surface area contributed by atoms with Gasteiger partial charge in [0.15, 0.2) is 11.4 Å². The molecular weight excluding hydrogens is 547 g/mol. The van der Waals surface area contributed by atoms with Gasteiger partial charge in [-0.05, 0) is 58.9 Å². The Labute approximate surface area is 234 Å². The second-order valence-electron chi connectivity index (χ2n) is 12.3. The summed E-state index contributed by atoms with van der Waals surface area (Å²) in [4.78, 5) is 29.9. The number of halogens is 3. The van der Waals surface area contributed by atoms with Crippen LogP contribution in [0.4, 0.5) is 18.0 Å². The number of benzene rings is 1. The lowest BCUT2D eigenvalue weighted by atomic mass is 10.1. The molecule has 0 aliphatic rings. The molecule has 40 heavy (non-hydrogen) atoms. The summed E-state index contributed by atoms with van der Waals surface area (Å²) in [5.74, 6) is -0.0554. The van der Waals surface area contributed by atoms with Crippen LogP contribution in [-0.4, -0.2) is 73.8 Å². The van der Waals surface area contributed by atoms with Gasteiger partial charge in [0, 0.05) is 27.4 Å². The predicted molar refractivity (Wildman–Crippen MR) is 148 cm³/mol. The van der Waals surface area contributed by atoms with Gasteiger partial charge < -0.3 is 28.8 Å². The van der Waals surface area contributed by atoms with Gasteiger partial charge in [-0.15, -0.1) is 0 Å². The van der Waals surface area contributed by atoms with Crippen molar-refractivity contribution < 1.29 is 41.7 Å². The van der Waals surface area contributed by atoms with Gasteiger partial charge in [-0.1, -0.05) is 19.6 Å². The molecule has 1 aromatic carbocycles. The number of carbonyl (C=O) groups is 2. The number of ether oxygens (including phenoxy) is 4. The van der Waals surface area contributed by atoms with Crippen molar-refractivity contribution in [2.45, 2.75) is 90.5 Å². The highest BCUT2D eigenvalue weighted by molar-refractivity contribution is 6.76. The second kappa shape index (κ2) is 13.0. The Morgan fingerprint density at radius 1 is 1.10 bits per heavy atom. The predicted octanol–water partition coefficient (Wildman–Crippen LogP) is 6.10. The van der Waals surface area contributed by atoms with Crippen LogP contribution in [0.3, 0.4) is 0 Å². The first kappa shape index (κ1) is 33.7. The molecule has 1 aromatic heterocycles. The van der Waals surface area contributed by atoms with Gasteiger partial charge >= 0.3 is 12.3 Å². The van der Waals surface area contributed by atoms with E-state index in [4.69, 9.17) is 18.9 Å². The van der Waals surface area contributed by atoms with Crippen molar-refractivity contribution in [3.8, 4) is 0 Å². The van der Waals surface area contributed by atoms with E-state index in [-0.39, 0.29) is 24.9 Å². The standard InChI is InChI=1S/C27H42F3N3O6Si/c1-25(2,3)39-24(35)32-20(15-38-26(4,5)27(28,29)30)23-31-19-11-10-18(22(34)16-36-6)14-21(19)33(23)17-37-12-13-40(7,8)9/h10-11,14,20H,12-13,15-17H2,1-9H3,(H,32,35)/t20-/m0/s1. The molecule has 0 saturated heterocycles. The van der Waals surface area contributed by atoms with Crippen LogP contribution in [0.15, 0.2) is 18.2 Å². The summed E-state index contributed by atoms with van der Waals surface area (Å²) in [5.41, 5.74) is -2.00. The number of imidazole rings is 1. The van der Waals surface area contributed by atoms with Crippen LogP contribution in [0.5, 0.6) is 0 Å². The first-order chi connectivity index (χ1) is 18.2. The Morgan fingerprint density at radius 3 is 2.30 bits per heavy atom. The number of hydrogen-bond donors (Lipinski definition) is 1. The highest BCUT2D eigenvalue weighted by Gasteiger charge is 2.49. The number of nitrogens with zero attached hydrogens (tertiary/aromatic N) is 2. The Hall–Kier alpha value is -2.48. The van der Waals surface area contributed by atoms with Crippen LogP contribution in [0, 0.1) is 0 Å². The summed E-state index contributed by atoms with van der Waals surface area (Å²) in [5, 5.41) is 2.62. The molecular formula is C27H42F3N3O6Si. The van der Waals surface area contributed by atoms with E-state index >= 15 is 0 Å². The zero-order valence-corrected chi connectivity index (χ0v) is 25.8. The zero-order chi connectivity index (χ0) is 30.5. The van der Waals surface area contributed by atoms with Crippen molar-refractivity contribution in [3.63, 3.8) is 0 Å². The molecule has 0 saturated carbocycles. The maximum atomic E-state index is 13.6. The van der Waals surface area contributed by atoms with Gasteiger partial charge in [-0.25, -0.2) is 9.78 Å². The molecule has 2 aromatic rings. The SMILES string of the molecule is COCC(=O)c1ccc2nc([C@H](COC(C)(C)C(F)(F)F)NC(=O)OC(C)(C)C)n(COCC[Si](C)(C)C)c2c1. The number of carbonyl (C=O) groups excluding carboxylic acids is 2. The Bertz CT molecular complexity index is 1170. The monoisotopic (exact) mass is 589 g/mol. The van der Waals surface area contributed by atoms with Crippen LogP contribution in [0.25, 0.3) is 11.0 Å². The molecule has 0 aliphatic heterocycles. The number of fused-ring (bicyclic) bond motifs is 1. The number of rotatable bonds is 13. The van der Waals surface area contributed by atoms with Gasteiger partial charge in [0.05, 0.1) is 17.6 Å². The summed E-state index contributed by atoms with van der Waals surface area (Å²) in [6.07, 6.45) is -5.50. The fourth-order valence-electron chi connectivity index (χ4n) is 3.47. The van der Waals surface area contributed by atoms with Gasteiger partial charge in [-0.2, -0.15) is 13.2 Å². The Kier molecular flexibility index (Phi) is 11.0. The molecule has 0 radical (unpaired) electrons. The lowest BCUT2D eigenvalue weighted by Gasteiger charge is -2.30. The maximum Gasteiger partial charge on any atom is 0.416 e. The molecule has 1 amide bonds. The van der Waals surface area contributed by atoms with Crippen LogP contribution < -0.4 is 5.32 Å². The van der Waals surface area contributed by atoms with E-state index in [9.17, 15) is 22.8 Å². The van der Waals surface area contributed by atoms with Gasteiger partial charge in [0.25, 0.3) is 0 Å². The summed E-state index contributed by atoms with van der Waals surface area (Å²) in [6.45, 7) is 13.2. The van der Waals surface area contributed by atoms with E-state index in [0.29, 0.717) is 23.2 Å². The number of nitrogens with one attached hydrogen (secondary N) is 1. The molecule has 1 atom stereocenters. The number of ketones is 1. The molecule has 0 fully saturated rings. The van der Waals surface area contributed by atoms with Crippen LogP contribution in [0.1, 0.15) is 56.8 Å². The van der Waals surface area contributed by atoms with Gasteiger partial charge in [0.2, 0.25) is 0 Å². The quantitative estimate of drug-likeness (QED) is 0.171. The van der Waals surface area contributed by atoms with E-state index in [1.807, 2.05) is 0 Å². The summed E-state index contributed by atoms with van der Waals surface area (Å²) >= 11 is 0. The number of alkyl carbamates (subject to hydrolysis) is 1. The highest BCUT2D eigenvalue weighted by atomic mass is 28.3. The zero-order valence-electron chi connectivity index (χ0n) is 24.8. The van der Waals surface area contributed by atoms with Crippen molar-refractivity contribution in [1.29, 1.82) is 0 Å². The van der Waals surface area contributed by atoms with Gasteiger partial charge in [0.1, 0.15) is 30.8 Å². The largest absolute Gasteiger partial charge is 0.444 e. The maximum absolute atomic E-state index is 13.6. The first-order valence-corrected chi connectivity index (χ1v) is 16.7. The van der Waals surface area contributed by atoms with Crippen molar-refractivity contribution >= 4 is 31.0 Å². The minimum atomic E-state index is -4.65. The molecule has 2 rings (SSSR count). The molecule has 0 bridgehead atoms. The van der Waals surface area contributed by atoms with E-state index in [2.05, 4.69) is 29.9 Å². The molecule has 0 spiro atoms. The lowest BCUT2D eigenvalue weighted by Crippen LogP contribution is -2.45. The minimum Gasteiger partial charge on any atom is -0.444 e. The first-order valence-electron chi connectivity index (χ1n) is 13.0. The number of aromatic nitrogens is 2. The van der Waals surface area contributed by atoms with Crippen LogP contribution >= 0.6 is 0 Å². The third kappa shape index (κ3) is 9.86. The summed E-state index contributed by atoms with van der Waals surface area (Å²) < 4.78 is 64.0. The fraction of sp³-hybridized carbons (Fsp3) is 0.667.